The van der Waals surface area contributed by atoms with Crippen molar-refractivity contribution in [1.29, 1.82) is 0 Å². The molecule has 0 aliphatic carbocycles. The molecule has 0 aliphatic heterocycles. The highest BCUT2D eigenvalue weighted by Crippen LogP contribution is 2.16. The van der Waals surface area contributed by atoms with Crippen LogP contribution in [-0.2, 0) is 12.8 Å². The van der Waals surface area contributed by atoms with Crippen molar-refractivity contribution in [2.24, 2.45) is 11.5 Å². The third-order valence-corrected chi connectivity index (χ3v) is 4.96. The number of thiazole rings is 2. The SMILES string of the molecule is NC(=O)c1csc(CCCCCCc2nc(C(N)=O)cs2)n1. The molecule has 118 valence electrons. The Morgan fingerprint density at radius 1 is 0.818 bits per heavy atom. The largest absolute Gasteiger partial charge is 0.364 e. The molecular weight excluding hydrogens is 320 g/mol. The summed E-state index contributed by atoms with van der Waals surface area (Å²) in [6, 6.07) is 0. The van der Waals surface area contributed by atoms with Crippen LogP contribution in [0.4, 0.5) is 0 Å². The van der Waals surface area contributed by atoms with Crippen molar-refractivity contribution in [2.75, 3.05) is 0 Å². The van der Waals surface area contributed by atoms with Gasteiger partial charge in [-0.15, -0.1) is 22.7 Å². The number of nitrogens with zero attached hydrogens (tertiary/aromatic N) is 2. The lowest BCUT2D eigenvalue weighted by Gasteiger charge is -1.99. The highest BCUT2D eigenvalue weighted by molar-refractivity contribution is 7.10. The number of primary amides is 2. The van der Waals surface area contributed by atoms with Crippen LogP contribution in [0, 0.1) is 0 Å². The highest BCUT2D eigenvalue weighted by Gasteiger charge is 2.07. The van der Waals surface area contributed by atoms with Crippen molar-refractivity contribution >= 4 is 34.5 Å². The molecule has 4 N–H and O–H groups in total. The van der Waals surface area contributed by atoms with Crippen LogP contribution in [0.2, 0.25) is 0 Å². The monoisotopic (exact) mass is 338 g/mol. The predicted molar refractivity (Wildman–Crippen MR) is 87.1 cm³/mol. The Morgan fingerprint density at radius 3 is 1.55 bits per heavy atom. The molecule has 2 aromatic rings. The summed E-state index contributed by atoms with van der Waals surface area (Å²) in [5.41, 5.74) is 11.0. The average molecular weight is 338 g/mol. The van der Waals surface area contributed by atoms with E-state index in [-0.39, 0.29) is 0 Å². The minimum absolute atomic E-state index is 0.356. The van der Waals surface area contributed by atoms with Gasteiger partial charge in [-0.05, 0) is 25.7 Å². The zero-order valence-corrected chi connectivity index (χ0v) is 13.7. The molecule has 0 atom stereocenters. The molecule has 0 radical (unpaired) electrons. The molecule has 6 nitrogen and oxygen atoms in total. The molecule has 0 bridgehead atoms. The number of carbonyl (C=O) groups excluding carboxylic acids is 2. The van der Waals surface area contributed by atoms with Gasteiger partial charge in [0, 0.05) is 10.8 Å². The molecule has 0 spiro atoms. The summed E-state index contributed by atoms with van der Waals surface area (Å²) in [4.78, 5) is 30.3. The number of amides is 2. The molecule has 0 aliphatic rings. The lowest BCUT2D eigenvalue weighted by atomic mass is 10.1. The number of nitrogens with two attached hydrogens (primary N) is 2. The zero-order chi connectivity index (χ0) is 15.9. The summed E-state index contributed by atoms with van der Waals surface area (Å²) in [7, 11) is 0. The summed E-state index contributed by atoms with van der Waals surface area (Å²) in [5, 5.41) is 5.33. The third-order valence-electron chi connectivity index (χ3n) is 3.14. The van der Waals surface area contributed by atoms with E-state index in [9.17, 15) is 9.59 Å². The van der Waals surface area contributed by atoms with Gasteiger partial charge in [-0.25, -0.2) is 9.97 Å². The third kappa shape index (κ3) is 4.88. The smallest absolute Gasteiger partial charge is 0.268 e. The van der Waals surface area contributed by atoms with Crippen molar-refractivity contribution in [3.63, 3.8) is 0 Å². The Hall–Kier alpha value is -1.80. The van der Waals surface area contributed by atoms with Crippen molar-refractivity contribution in [1.82, 2.24) is 9.97 Å². The molecule has 2 aromatic heterocycles. The van der Waals surface area contributed by atoms with Gasteiger partial charge in [-0.3, -0.25) is 9.59 Å². The van der Waals surface area contributed by atoms with Crippen LogP contribution < -0.4 is 11.5 Å². The fourth-order valence-electron chi connectivity index (χ4n) is 1.98. The Labute approximate surface area is 136 Å². The maximum absolute atomic E-state index is 10.9. The van der Waals surface area contributed by atoms with Crippen LogP contribution in [0.5, 0.6) is 0 Å². The van der Waals surface area contributed by atoms with Crippen LogP contribution >= 0.6 is 22.7 Å². The summed E-state index contributed by atoms with van der Waals surface area (Å²) in [6.07, 6.45) is 6.02. The first kappa shape index (κ1) is 16.6. The van der Waals surface area contributed by atoms with E-state index in [0.717, 1.165) is 48.5 Å². The van der Waals surface area contributed by atoms with Gasteiger partial charge < -0.3 is 11.5 Å². The van der Waals surface area contributed by atoms with E-state index in [0.29, 0.717) is 11.4 Å². The van der Waals surface area contributed by atoms with Crippen molar-refractivity contribution in [2.45, 2.75) is 38.5 Å². The number of hydrogen-bond acceptors (Lipinski definition) is 6. The number of rotatable bonds is 9. The molecule has 8 heteroatoms. The topological polar surface area (TPSA) is 112 Å². The van der Waals surface area contributed by atoms with Crippen LogP contribution in [0.25, 0.3) is 0 Å². The van der Waals surface area contributed by atoms with Crippen LogP contribution in [-0.4, -0.2) is 21.8 Å². The Morgan fingerprint density at radius 2 is 1.23 bits per heavy atom. The molecule has 0 aromatic carbocycles. The molecule has 2 heterocycles. The Balaban J connectivity index is 1.60. The first-order valence-corrected chi connectivity index (χ1v) is 8.80. The molecule has 0 fully saturated rings. The molecule has 2 amide bonds. The van der Waals surface area contributed by atoms with E-state index >= 15 is 0 Å². The molecular formula is C14H18N4O2S2. The fraction of sp³-hybridized carbons (Fsp3) is 0.429. The van der Waals surface area contributed by atoms with E-state index in [1.807, 2.05) is 0 Å². The maximum atomic E-state index is 10.9. The van der Waals surface area contributed by atoms with E-state index in [1.54, 1.807) is 10.8 Å². The van der Waals surface area contributed by atoms with Crippen molar-refractivity contribution in [3.05, 3.63) is 32.2 Å². The number of unbranched alkanes of at least 4 members (excludes halogenated alkanes) is 3. The number of aryl methyl sites for hydroxylation is 2. The van der Waals surface area contributed by atoms with Gasteiger partial charge in [-0.1, -0.05) is 12.8 Å². The minimum atomic E-state index is -0.471. The van der Waals surface area contributed by atoms with E-state index in [1.165, 1.54) is 22.7 Å². The van der Waals surface area contributed by atoms with Gasteiger partial charge in [0.15, 0.2) is 0 Å². The average Bonchev–Trinajstić information content (AvgIpc) is 3.12. The second-order valence-corrected chi connectivity index (χ2v) is 6.78. The van der Waals surface area contributed by atoms with Gasteiger partial charge in [-0.2, -0.15) is 0 Å². The highest BCUT2D eigenvalue weighted by atomic mass is 32.1. The molecule has 0 saturated heterocycles. The lowest BCUT2D eigenvalue weighted by Crippen LogP contribution is -2.11. The van der Waals surface area contributed by atoms with Gasteiger partial charge >= 0.3 is 0 Å². The normalized spacial score (nSPS) is 10.7. The second kappa shape index (κ2) is 8.00. The summed E-state index contributed by atoms with van der Waals surface area (Å²) < 4.78 is 0. The van der Waals surface area contributed by atoms with Gasteiger partial charge in [0.2, 0.25) is 0 Å². The van der Waals surface area contributed by atoms with Gasteiger partial charge in [0.25, 0.3) is 11.8 Å². The maximum Gasteiger partial charge on any atom is 0.268 e. The molecule has 22 heavy (non-hydrogen) atoms. The zero-order valence-electron chi connectivity index (χ0n) is 12.1. The second-order valence-electron chi connectivity index (χ2n) is 4.90. The number of carbonyl (C=O) groups is 2. The molecule has 0 unspecified atom stereocenters. The first-order chi connectivity index (χ1) is 10.6. The fourth-order valence-corrected chi connectivity index (χ4v) is 3.64. The molecule has 0 saturated carbocycles. The van der Waals surface area contributed by atoms with Crippen LogP contribution in [0.3, 0.4) is 0 Å². The summed E-state index contributed by atoms with van der Waals surface area (Å²) >= 11 is 2.96. The predicted octanol–water partition coefficient (Wildman–Crippen LogP) is 2.14. The Bertz CT molecular complexity index is 595. The molecule has 2 rings (SSSR count). The van der Waals surface area contributed by atoms with Crippen LogP contribution in [0.15, 0.2) is 10.8 Å². The number of aromatic nitrogens is 2. The lowest BCUT2D eigenvalue weighted by molar-refractivity contribution is 0.0987. The van der Waals surface area contributed by atoms with E-state index in [4.69, 9.17) is 11.5 Å². The van der Waals surface area contributed by atoms with Gasteiger partial charge in [0.1, 0.15) is 11.4 Å². The van der Waals surface area contributed by atoms with Crippen LogP contribution in [0.1, 0.15) is 56.7 Å². The number of hydrogen-bond donors (Lipinski definition) is 2. The van der Waals surface area contributed by atoms with E-state index in [2.05, 4.69) is 9.97 Å². The minimum Gasteiger partial charge on any atom is -0.364 e. The van der Waals surface area contributed by atoms with E-state index < -0.39 is 11.8 Å². The summed E-state index contributed by atoms with van der Waals surface area (Å²) in [6.45, 7) is 0. The quantitative estimate of drug-likeness (QED) is 0.682. The standard InChI is InChI=1S/C14H18N4O2S2/c15-13(19)9-7-21-11(17-9)5-3-1-2-4-6-12-18-10(8-22-12)14(16)20/h7-8H,1-6H2,(H2,15,19)(H2,16,20). The van der Waals surface area contributed by atoms with Crippen molar-refractivity contribution < 1.29 is 9.59 Å². The summed E-state index contributed by atoms with van der Waals surface area (Å²) in [5.74, 6) is -0.942. The van der Waals surface area contributed by atoms with Crippen molar-refractivity contribution in [3.8, 4) is 0 Å². The first-order valence-electron chi connectivity index (χ1n) is 7.04. The Kier molecular flexibility index (Phi) is 6.02. The van der Waals surface area contributed by atoms with Gasteiger partial charge in [0.05, 0.1) is 10.0 Å².